The van der Waals surface area contributed by atoms with Gasteiger partial charge in [0.25, 0.3) is 5.91 Å². The highest BCUT2D eigenvalue weighted by atomic mass is 35.5. The fourth-order valence-electron chi connectivity index (χ4n) is 2.67. The highest BCUT2D eigenvalue weighted by molar-refractivity contribution is 6.33. The van der Waals surface area contributed by atoms with Gasteiger partial charge < -0.3 is 19.7 Å². The summed E-state index contributed by atoms with van der Waals surface area (Å²) in [4.78, 5) is 22.6. The maximum atomic E-state index is 12.6. The zero-order chi connectivity index (χ0) is 22.3. The molecule has 1 atom stereocenters. The first-order valence-corrected chi connectivity index (χ1v) is 9.65. The Morgan fingerprint density at radius 2 is 2.07 bits per heavy atom. The lowest BCUT2D eigenvalue weighted by Crippen LogP contribution is -2.40. The monoisotopic (exact) mass is 442 g/mol. The third-order valence-corrected chi connectivity index (χ3v) is 5.05. The summed E-state index contributed by atoms with van der Waals surface area (Å²) in [5, 5.41) is 2.95. The number of carbonyl (C=O) groups is 1. The van der Waals surface area contributed by atoms with Crippen molar-refractivity contribution in [3.8, 4) is 5.88 Å². The number of methoxy groups -OCH3 is 1. The maximum Gasteiger partial charge on any atom is 0.388 e. The van der Waals surface area contributed by atoms with Gasteiger partial charge in [-0.3, -0.25) is 4.79 Å². The fourth-order valence-corrected chi connectivity index (χ4v) is 2.86. The average molecular weight is 443 g/mol. The number of likely N-dealkylation sites (N-methyl/N-ethyl adjacent to an activating group) is 1. The molecular formula is C20H25ClF2N4O3. The largest absolute Gasteiger partial charge is 0.417 e. The van der Waals surface area contributed by atoms with Crippen LogP contribution in [-0.4, -0.2) is 48.8 Å². The van der Waals surface area contributed by atoms with Crippen molar-refractivity contribution >= 4 is 23.3 Å². The van der Waals surface area contributed by atoms with Crippen molar-refractivity contribution in [3.63, 3.8) is 0 Å². The molecule has 1 N–H and O–H groups in total. The number of alkyl halides is 2. The maximum absolute atomic E-state index is 12.6. The van der Waals surface area contributed by atoms with Crippen LogP contribution in [0.5, 0.6) is 5.88 Å². The van der Waals surface area contributed by atoms with E-state index in [1.807, 2.05) is 25.8 Å². The van der Waals surface area contributed by atoms with Crippen LogP contribution in [0.3, 0.4) is 0 Å². The molecule has 1 unspecified atom stereocenters. The van der Waals surface area contributed by atoms with Crippen molar-refractivity contribution in [3.05, 3.63) is 46.7 Å². The molecule has 7 nitrogen and oxygen atoms in total. The zero-order valence-corrected chi connectivity index (χ0v) is 18.0. The number of halogens is 3. The van der Waals surface area contributed by atoms with Gasteiger partial charge in [-0.25, -0.2) is 9.97 Å². The number of nitrogens with one attached hydrogen (secondary N) is 1. The van der Waals surface area contributed by atoms with Gasteiger partial charge >= 0.3 is 6.61 Å². The Balaban J connectivity index is 2.06. The lowest BCUT2D eigenvalue weighted by molar-refractivity contribution is -0.0528. The van der Waals surface area contributed by atoms with Crippen LogP contribution in [0.25, 0.3) is 0 Å². The molecule has 2 aromatic rings. The van der Waals surface area contributed by atoms with E-state index in [1.165, 1.54) is 24.5 Å². The highest BCUT2D eigenvalue weighted by Gasteiger charge is 2.24. The second kappa shape index (κ2) is 10.5. The summed E-state index contributed by atoms with van der Waals surface area (Å²) in [6.07, 6.45) is 3.59. The van der Waals surface area contributed by atoms with Gasteiger partial charge in [-0.2, -0.15) is 8.78 Å². The van der Waals surface area contributed by atoms with E-state index in [-0.39, 0.29) is 28.6 Å². The van der Waals surface area contributed by atoms with Gasteiger partial charge in [-0.15, -0.1) is 0 Å². The minimum Gasteiger partial charge on any atom is -0.417 e. The molecule has 0 fully saturated rings. The first-order chi connectivity index (χ1) is 14.2. The van der Waals surface area contributed by atoms with Crippen LogP contribution in [0.2, 0.25) is 5.02 Å². The number of pyridine rings is 2. The van der Waals surface area contributed by atoms with Crippen LogP contribution in [0.15, 0.2) is 30.6 Å². The SMILES string of the molecule is CCC(C)(CN(C)c1cc(C(=O)NCc2ccc(OC(F)F)nc2)c(Cl)cn1)OC. The van der Waals surface area contributed by atoms with E-state index in [0.29, 0.717) is 17.9 Å². The van der Waals surface area contributed by atoms with Crippen molar-refractivity contribution in [1.82, 2.24) is 15.3 Å². The minimum absolute atomic E-state index is 0.141. The second-order valence-corrected chi connectivity index (χ2v) is 7.36. The zero-order valence-electron chi connectivity index (χ0n) is 17.3. The van der Waals surface area contributed by atoms with Crippen LogP contribution in [0.1, 0.15) is 36.2 Å². The van der Waals surface area contributed by atoms with Crippen LogP contribution in [0, 0.1) is 0 Å². The Kier molecular flexibility index (Phi) is 8.31. The van der Waals surface area contributed by atoms with E-state index in [4.69, 9.17) is 16.3 Å². The van der Waals surface area contributed by atoms with Crippen LogP contribution in [0.4, 0.5) is 14.6 Å². The van der Waals surface area contributed by atoms with E-state index in [9.17, 15) is 13.6 Å². The lowest BCUT2D eigenvalue weighted by Gasteiger charge is -2.32. The quantitative estimate of drug-likeness (QED) is 0.601. The Hall–Kier alpha value is -2.52. The Bertz CT molecular complexity index is 848. The van der Waals surface area contributed by atoms with Gasteiger partial charge in [-0.05, 0) is 25.0 Å². The molecule has 0 aromatic carbocycles. The van der Waals surface area contributed by atoms with Gasteiger partial charge in [0.1, 0.15) is 5.82 Å². The minimum atomic E-state index is -2.94. The summed E-state index contributed by atoms with van der Waals surface area (Å²) in [6.45, 7) is 1.81. The third-order valence-electron chi connectivity index (χ3n) is 4.75. The summed E-state index contributed by atoms with van der Waals surface area (Å²) < 4.78 is 34.1. The Morgan fingerprint density at radius 1 is 1.33 bits per heavy atom. The molecule has 0 saturated heterocycles. The topological polar surface area (TPSA) is 76.6 Å². The van der Waals surface area contributed by atoms with Gasteiger partial charge in [0.05, 0.1) is 16.2 Å². The van der Waals surface area contributed by atoms with Crippen LogP contribution in [-0.2, 0) is 11.3 Å². The van der Waals surface area contributed by atoms with E-state index in [0.717, 1.165) is 6.42 Å². The number of nitrogens with zero attached hydrogens (tertiary/aromatic N) is 3. The molecule has 0 aliphatic heterocycles. The van der Waals surface area contributed by atoms with E-state index in [1.54, 1.807) is 13.2 Å². The molecule has 0 aliphatic rings. The molecule has 2 heterocycles. The number of hydrogen-bond acceptors (Lipinski definition) is 6. The molecular weight excluding hydrogens is 418 g/mol. The van der Waals surface area contributed by atoms with E-state index in [2.05, 4.69) is 20.0 Å². The summed E-state index contributed by atoms with van der Waals surface area (Å²) in [5.41, 5.74) is 0.534. The standard InChI is InChI=1S/C20H25ClF2N4O3/c1-5-20(2,29-4)12-27(3)16-8-14(15(21)11-24-16)18(28)26-10-13-6-7-17(25-9-13)30-19(22)23/h6-9,11,19H,5,10,12H2,1-4H3,(H,26,28). The Morgan fingerprint density at radius 3 is 2.63 bits per heavy atom. The lowest BCUT2D eigenvalue weighted by atomic mass is 10.0. The molecule has 0 aliphatic carbocycles. The van der Waals surface area contributed by atoms with Crippen LogP contribution < -0.4 is 15.0 Å². The van der Waals surface area contributed by atoms with Crippen molar-refractivity contribution in [2.45, 2.75) is 39.0 Å². The molecule has 2 aromatic heterocycles. The van der Waals surface area contributed by atoms with Crippen LogP contribution >= 0.6 is 11.6 Å². The number of hydrogen-bond donors (Lipinski definition) is 1. The second-order valence-electron chi connectivity index (χ2n) is 6.95. The normalized spacial score (nSPS) is 13.1. The number of ether oxygens (including phenoxy) is 2. The van der Waals surface area contributed by atoms with Gasteiger partial charge in [0.15, 0.2) is 0 Å². The average Bonchev–Trinajstić information content (AvgIpc) is 2.72. The van der Waals surface area contributed by atoms with Gasteiger partial charge in [0.2, 0.25) is 5.88 Å². The smallest absolute Gasteiger partial charge is 0.388 e. The first-order valence-electron chi connectivity index (χ1n) is 9.27. The molecule has 164 valence electrons. The molecule has 0 spiro atoms. The van der Waals surface area contributed by atoms with Gasteiger partial charge in [-0.1, -0.05) is 24.6 Å². The summed E-state index contributed by atoms with van der Waals surface area (Å²) in [6, 6.07) is 4.45. The number of aromatic nitrogens is 2. The Labute approximate surface area is 179 Å². The van der Waals surface area contributed by atoms with Crippen molar-refractivity contribution in [2.24, 2.45) is 0 Å². The van der Waals surface area contributed by atoms with E-state index >= 15 is 0 Å². The molecule has 0 bridgehead atoms. The van der Waals surface area contributed by atoms with Gasteiger partial charge in [0, 0.05) is 45.7 Å². The predicted molar refractivity (Wildman–Crippen MR) is 110 cm³/mol. The van der Waals surface area contributed by atoms with E-state index < -0.39 is 12.5 Å². The first kappa shape index (κ1) is 23.8. The number of anilines is 1. The fraction of sp³-hybridized carbons (Fsp3) is 0.450. The molecule has 0 saturated carbocycles. The predicted octanol–water partition coefficient (Wildman–Crippen LogP) is 3.91. The molecule has 1 amide bonds. The number of carbonyl (C=O) groups excluding carboxylic acids is 1. The number of amides is 1. The number of rotatable bonds is 10. The summed E-state index contributed by atoms with van der Waals surface area (Å²) >= 11 is 6.17. The van der Waals surface area contributed by atoms with Crippen molar-refractivity contribution in [2.75, 3.05) is 25.6 Å². The molecule has 2 rings (SSSR count). The van der Waals surface area contributed by atoms with Crippen molar-refractivity contribution < 1.29 is 23.0 Å². The molecule has 10 heteroatoms. The van der Waals surface area contributed by atoms with Crippen molar-refractivity contribution in [1.29, 1.82) is 0 Å². The summed E-state index contributed by atoms with van der Waals surface area (Å²) in [5.74, 6) is -0.00790. The highest BCUT2D eigenvalue weighted by Crippen LogP contribution is 2.23. The third kappa shape index (κ3) is 6.50. The summed E-state index contributed by atoms with van der Waals surface area (Å²) in [7, 11) is 3.52. The molecule has 0 radical (unpaired) electrons. The molecule has 30 heavy (non-hydrogen) atoms.